The van der Waals surface area contributed by atoms with Crippen molar-refractivity contribution in [3.8, 4) is 0 Å². The number of imide groups is 1. The lowest BCUT2D eigenvalue weighted by atomic mass is 10.2. The summed E-state index contributed by atoms with van der Waals surface area (Å²) in [6, 6.07) is 9.32. The topological polar surface area (TPSA) is 101 Å². The Hall–Kier alpha value is -3.36. The van der Waals surface area contributed by atoms with Gasteiger partial charge in [-0.2, -0.15) is 13.2 Å². The lowest BCUT2D eigenvalue weighted by Gasteiger charge is -2.09. The molecule has 3 amide bonds. The molecule has 0 spiro atoms. The fraction of sp³-hybridized carbons (Fsp3) is 0.0625. The molecule has 9 heteroatoms. The highest BCUT2D eigenvalue weighted by Gasteiger charge is 2.30. The highest BCUT2D eigenvalue weighted by molar-refractivity contribution is 6.42. The number of alkyl halides is 3. The lowest BCUT2D eigenvalue weighted by molar-refractivity contribution is -0.137. The van der Waals surface area contributed by atoms with Gasteiger partial charge in [0.1, 0.15) is 0 Å². The molecule has 0 atom stereocenters. The van der Waals surface area contributed by atoms with Gasteiger partial charge in [-0.05, 0) is 42.5 Å². The van der Waals surface area contributed by atoms with Crippen molar-refractivity contribution in [2.75, 3.05) is 11.1 Å². The van der Waals surface area contributed by atoms with E-state index in [1.165, 1.54) is 30.3 Å². The first-order chi connectivity index (χ1) is 11.7. The molecule has 0 bridgehead atoms. The summed E-state index contributed by atoms with van der Waals surface area (Å²) in [5.41, 5.74) is 4.75. The minimum absolute atomic E-state index is 0.0921. The average molecular weight is 351 g/mol. The van der Waals surface area contributed by atoms with Crippen LogP contribution in [0.15, 0.2) is 48.5 Å². The van der Waals surface area contributed by atoms with Crippen molar-refractivity contribution in [2.45, 2.75) is 6.18 Å². The third-order valence-corrected chi connectivity index (χ3v) is 3.05. The summed E-state index contributed by atoms with van der Waals surface area (Å²) >= 11 is 0. The molecule has 0 saturated carbocycles. The van der Waals surface area contributed by atoms with Gasteiger partial charge >= 0.3 is 18.0 Å². The van der Waals surface area contributed by atoms with E-state index in [4.69, 9.17) is 5.73 Å². The van der Waals surface area contributed by atoms with Crippen LogP contribution in [-0.4, -0.2) is 17.7 Å². The van der Waals surface area contributed by atoms with Crippen LogP contribution >= 0.6 is 0 Å². The van der Waals surface area contributed by atoms with Crippen molar-refractivity contribution in [3.05, 3.63) is 59.7 Å². The van der Waals surface area contributed by atoms with E-state index in [9.17, 15) is 27.6 Å². The fourth-order valence-electron chi connectivity index (χ4n) is 1.83. The molecular formula is C16H12F3N3O3. The first kappa shape index (κ1) is 18.0. The van der Waals surface area contributed by atoms with Crippen LogP contribution in [0.5, 0.6) is 0 Å². The van der Waals surface area contributed by atoms with Gasteiger partial charge in [0.15, 0.2) is 0 Å². The Kier molecular flexibility index (Phi) is 5.06. The minimum atomic E-state index is -4.59. The Labute approximate surface area is 139 Å². The number of halogens is 3. The zero-order valence-electron chi connectivity index (χ0n) is 12.6. The number of carbonyl (C=O) groups is 3. The number of anilines is 2. The summed E-state index contributed by atoms with van der Waals surface area (Å²) in [4.78, 5) is 35.2. The number of rotatable bonds is 2. The standard InChI is InChI=1S/C16H12F3N3O3/c17-16(18,19)10-2-1-3-12(8-10)21-14(24)15(25)22-13(23)9-4-6-11(20)7-5-9/h1-8H,20H2,(H,21,24)(H,22,23,25). The minimum Gasteiger partial charge on any atom is -0.399 e. The molecule has 0 fully saturated rings. The van der Waals surface area contributed by atoms with Crippen molar-refractivity contribution < 1.29 is 27.6 Å². The molecule has 0 aliphatic carbocycles. The first-order valence-electron chi connectivity index (χ1n) is 6.86. The maximum atomic E-state index is 12.6. The Bertz CT molecular complexity index is 817. The van der Waals surface area contributed by atoms with Crippen LogP contribution in [0.1, 0.15) is 15.9 Å². The zero-order valence-corrected chi connectivity index (χ0v) is 12.6. The van der Waals surface area contributed by atoms with Crippen molar-refractivity contribution in [3.63, 3.8) is 0 Å². The van der Waals surface area contributed by atoms with E-state index in [-0.39, 0.29) is 11.3 Å². The average Bonchev–Trinajstić information content (AvgIpc) is 2.54. The molecule has 2 aromatic carbocycles. The van der Waals surface area contributed by atoms with Crippen LogP contribution in [-0.2, 0) is 15.8 Å². The number of nitrogens with one attached hydrogen (secondary N) is 2. The van der Waals surface area contributed by atoms with E-state index < -0.39 is 29.5 Å². The summed E-state index contributed by atoms with van der Waals surface area (Å²) in [7, 11) is 0. The molecule has 6 nitrogen and oxygen atoms in total. The second-order valence-corrected chi connectivity index (χ2v) is 4.94. The number of nitrogen functional groups attached to an aromatic ring is 1. The largest absolute Gasteiger partial charge is 0.416 e. The van der Waals surface area contributed by atoms with Gasteiger partial charge in [0.05, 0.1) is 5.56 Å². The van der Waals surface area contributed by atoms with Gasteiger partial charge in [-0.15, -0.1) is 0 Å². The molecule has 0 aromatic heterocycles. The molecular weight excluding hydrogens is 339 g/mol. The number of benzene rings is 2. The Morgan fingerprint density at radius 3 is 2.16 bits per heavy atom. The molecule has 0 aliphatic heterocycles. The molecule has 0 heterocycles. The third kappa shape index (κ3) is 4.80. The quantitative estimate of drug-likeness (QED) is 0.570. The second kappa shape index (κ2) is 7.04. The molecule has 2 rings (SSSR count). The Balaban J connectivity index is 2.02. The van der Waals surface area contributed by atoms with Gasteiger partial charge < -0.3 is 11.1 Å². The second-order valence-electron chi connectivity index (χ2n) is 4.94. The number of carbonyl (C=O) groups excluding carboxylic acids is 3. The summed E-state index contributed by atoms with van der Waals surface area (Å²) in [5, 5.41) is 3.82. The summed E-state index contributed by atoms with van der Waals surface area (Å²) in [5.74, 6) is -3.42. The predicted octanol–water partition coefficient (Wildman–Crippen LogP) is 2.18. The number of nitrogens with two attached hydrogens (primary N) is 1. The highest BCUT2D eigenvalue weighted by atomic mass is 19.4. The molecule has 130 valence electrons. The molecule has 0 unspecified atom stereocenters. The summed E-state index contributed by atoms with van der Waals surface area (Å²) < 4.78 is 37.8. The molecule has 2 aromatic rings. The number of hydrogen-bond donors (Lipinski definition) is 3. The van der Waals surface area contributed by atoms with Crippen LogP contribution < -0.4 is 16.4 Å². The Morgan fingerprint density at radius 1 is 0.920 bits per heavy atom. The summed E-state index contributed by atoms with van der Waals surface area (Å²) in [6.45, 7) is 0. The van der Waals surface area contributed by atoms with E-state index in [0.29, 0.717) is 11.8 Å². The SMILES string of the molecule is Nc1ccc(C(=O)NC(=O)C(=O)Nc2cccc(C(F)(F)F)c2)cc1. The smallest absolute Gasteiger partial charge is 0.399 e. The maximum Gasteiger partial charge on any atom is 0.416 e. The molecule has 25 heavy (non-hydrogen) atoms. The fourth-order valence-corrected chi connectivity index (χ4v) is 1.83. The van der Waals surface area contributed by atoms with Crippen LogP contribution in [0, 0.1) is 0 Å². The van der Waals surface area contributed by atoms with E-state index in [0.717, 1.165) is 12.1 Å². The normalized spacial score (nSPS) is 10.8. The van der Waals surface area contributed by atoms with E-state index in [1.54, 1.807) is 0 Å². The van der Waals surface area contributed by atoms with Gasteiger partial charge in [0.25, 0.3) is 5.91 Å². The highest BCUT2D eigenvalue weighted by Crippen LogP contribution is 2.30. The van der Waals surface area contributed by atoms with Crippen LogP contribution in [0.25, 0.3) is 0 Å². The molecule has 0 saturated heterocycles. The van der Waals surface area contributed by atoms with Crippen molar-refractivity contribution in [1.82, 2.24) is 5.32 Å². The van der Waals surface area contributed by atoms with Crippen LogP contribution in [0.3, 0.4) is 0 Å². The van der Waals surface area contributed by atoms with Gasteiger partial charge in [0, 0.05) is 16.9 Å². The van der Waals surface area contributed by atoms with Crippen molar-refractivity contribution in [2.24, 2.45) is 0 Å². The molecule has 0 radical (unpaired) electrons. The van der Waals surface area contributed by atoms with E-state index in [1.807, 2.05) is 10.6 Å². The van der Waals surface area contributed by atoms with E-state index in [2.05, 4.69) is 0 Å². The summed E-state index contributed by atoms with van der Waals surface area (Å²) in [6.07, 6.45) is -4.59. The molecule has 4 N–H and O–H groups in total. The zero-order chi connectivity index (χ0) is 18.6. The monoisotopic (exact) mass is 351 g/mol. The first-order valence-corrected chi connectivity index (χ1v) is 6.86. The number of hydrogen-bond acceptors (Lipinski definition) is 4. The third-order valence-electron chi connectivity index (χ3n) is 3.05. The maximum absolute atomic E-state index is 12.6. The lowest BCUT2D eigenvalue weighted by Crippen LogP contribution is -2.39. The van der Waals surface area contributed by atoms with E-state index >= 15 is 0 Å². The van der Waals surface area contributed by atoms with Gasteiger partial charge in [-0.1, -0.05) is 6.07 Å². The molecule has 0 aliphatic rings. The van der Waals surface area contributed by atoms with Crippen molar-refractivity contribution >= 4 is 29.1 Å². The Morgan fingerprint density at radius 2 is 1.56 bits per heavy atom. The van der Waals surface area contributed by atoms with Crippen LogP contribution in [0.2, 0.25) is 0 Å². The van der Waals surface area contributed by atoms with Gasteiger partial charge in [0.2, 0.25) is 0 Å². The predicted molar refractivity (Wildman–Crippen MR) is 83.4 cm³/mol. The van der Waals surface area contributed by atoms with Gasteiger partial charge in [-0.3, -0.25) is 19.7 Å². The van der Waals surface area contributed by atoms with Crippen LogP contribution in [0.4, 0.5) is 24.5 Å². The van der Waals surface area contributed by atoms with Crippen molar-refractivity contribution in [1.29, 1.82) is 0 Å². The number of amides is 3. The van der Waals surface area contributed by atoms with Gasteiger partial charge in [-0.25, -0.2) is 0 Å².